The summed E-state index contributed by atoms with van der Waals surface area (Å²) in [4.78, 5) is 0. The Balaban J connectivity index is 1.77. The van der Waals surface area contributed by atoms with Gasteiger partial charge in [0.05, 0.1) is 12.7 Å². The minimum Gasteiger partial charge on any atom is -0.496 e. The van der Waals surface area contributed by atoms with Gasteiger partial charge in [0.2, 0.25) is 0 Å². The fourth-order valence-electron chi connectivity index (χ4n) is 3.37. The zero-order valence-corrected chi connectivity index (χ0v) is 14.2. The van der Waals surface area contributed by atoms with Crippen molar-refractivity contribution in [2.45, 2.75) is 6.04 Å². The van der Waals surface area contributed by atoms with Crippen molar-refractivity contribution in [3.8, 4) is 5.75 Å². The molecule has 0 saturated carbocycles. The summed E-state index contributed by atoms with van der Waals surface area (Å²) in [5.74, 6) is 2.05. The summed E-state index contributed by atoms with van der Waals surface area (Å²) < 4.78 is 7.91. The first-order valence-corrected chi connectivity index (χ1v) is 8.51. The normalized spacial score (nSPS) is 16.6. The summed E-state index contributed by atoms with van der Waals surface area (Å²) in [6.07, 6.45) is 0. The second kappa shape index (κ2) is 6.81. The largest absolute Gasteiger partial charge is 0.496 e. The molecule has 1 unspecified atom stereocenters. The smallest absolute Gasteiger partial charge is 0.283 e. The first-order valence-electron chi connectivity index (χ1n) is 8.51. The van der Waals surface area contributed by atoms with E-state index in [0.717, 1.165) is 18.1 Å². The molecule has 3 aromatic carbocycles. The average molecular weight is 329 g/mol. The van der Waals surface area contributed by atoms with Crippen LogP contribution in [-0.2, 0) is 0 Å². The van der Waals surface area contributed by atoms with Crippen molar-refractivity contribution in [3.63, 3.8) is 0 Å². The number of para-hydroxylation sites is 2. The van der Waals surface area contributed by atoms with Crippen LogP contribution >= 0.6 is 0 Å². The van der Waals surface area contributed by atoms with Gasteiger partial charge in [0.15, 0.2) is 6.04 Å². The second-order valence-corrected chi connectivity index (χ2v) is 6.10. The van der Waals surface area contributed by atoms with Gasteiger partial charge in [0, 0.05) is 5.56 Å². The van der Waals surface area contributed by atoms with Crippen LogP contribution in [0.3, 0.4) is 0 Å². The summed E-state index contributed by atoms with van der Waals surface area (Å²) in [6.45, 7) is 0.856. The van der Waals surface area contributed by atoms with Gasteiger partial charge in [-0.05, 0) is 30.3 Å². The summed E-state index contributed by atoms with van der Waals surface area (Å²) in [6, 6.07) is 29.4. The molecule has 0 aliphatic carbocycles. The quantitative estimate of drug-likeness (QED) is 0.728. The van der Waals surface area contributed by atoms with Crippen molar-refractivity contribution in [2.24, 2.45) is 0 Å². The van der Waals surface area contributed by atoms with Crippen molar-refractivity contribution in [1.82, 2.24) is 5.32 Å². The first-order chi connectivity index (χ1) is 12.4. The van der Waals surface area contributed by atoms with Crippen LogP contribution in [0.2, 0.25) is 0 Å². The molecule has 1 heterocycles. The molecule has 0 radical (unpaired) electrons. The van der Waals surface area contributed by atoms with E-state index < -0.39 is 0 Å². The van der Waals surface area contributed by atoms with E-state index in [-0.39, 0.29) is 6.04 Å². The Hall–Kier alpha value is -3.07. The average Bonchev–Trinajstić information content (AvgIpc) is 3.14. The van der Waals surface area contributed by atoms with E-state index in [0.29, 0.717) is 0 Å². The molecule has 0 bridgehead atoms. The van der Waals surface area contributed by atoms with E-state index in [4.69, 9.17) is 4.74 Å². The lowest BCUT2D eigenvalue weighted by Crippen LogP contribution is -2.25. The van der Waals surface area contributed by atoms with Gasteiger partial charge < -0.3 is 4.74 Å². The van der Waals surface area contributed by atoms with E-state index >= 15 is 0 Å². The zero-order chi connectivity index (χ0) is 17.1. The zero-order valence-electron chi connectivity index (χ0n) is 14.2. The molecular formula is C22H21N2O+. The molecule has 3 nitrogen and oxygen atoms in total. The summed E-state index contributed by atoms with van der Waals surface area (Å²) in [5.41, 5.74) is 3.55. The third-order valence-electron chi connectivity index (χ3n) is 4.58. The molecule has 0 aromatic heterocycles. The number of hydrogen-bond donors (Lipinski definition) is 1. The highest BCUT2D eigenvalue weighted by Crippen LogP contribution is 2.30. The van der Waals surface area contributed by atoms with E-state index in [1.807, 2.05) is 24.3 Å². The van der Waals surface area contributed by atoms with E-state index in [1.54, 1.807) is 7.11 Å². The number of hydrogen-bond acceptors (Lipinski definition) is 2. The number of ether oxygens (including phenoxy) is 1. The second-order valence-electron chi connectivity index (χ2n) is 6.10. The van der Waals surface area contributed by atoms with Gasteiger partial charge in [-0.2, -0.15) is 0 Å². The molecule has 0 saturated heterocycles. The molecule has 0 amide bonds. The molecule has 1 aliphatic rings. The Labute approximate surface area is 148 Å². The van der Waals surface area contributed by atoms with Crippen LogP contribution in [0.1, 0.15) is 17.2 Å². The molecular weight excluding hydrogens is 308 g/mol. The number of benzene rings is 3. The Kier molecular flexibility index (Phi) is 4.21. The van der Waals surface area contributed by atoms with Gasteiger partial charge in [-0.1, -0.05) is 54.6 Å². The summed E-state index contributed by atoms with van der Waals surface area (Å²) in [7, 11) is 1.73. The Morgan fingerprint density at radius 2 is 1.48 bits per heavy atom. The number of nitrogens with zero attached hydrogens (tertiary/aromatic N) is 1. The number of rotatable bonds is 4. The lowest BCUT2D eigenvalue weighted by molar-refractivity contribution is -0.433. The molecule has 124 valence electrons. The minimum absolute atomic E-state index is 0.173. The maximum Gasteiger partial charge on any atom is 0.283 e. The fraction of sp³-hybridized carbons (Fsp3) is 0.136. The number of methoxy groups -OCH3 is 1. The maximum atomic E-state index is 5.57. The lowest BCUT2D eigenvalue weighted by atomic mass is 10.1. The van der Waals surface area contributed by atoms with Crippen molar-refractivity contribution in [1.29, 1.82) is 0 Å². The van der Waals surface area contributed by atoms with Crippen LogP contribution in [0.15, 0.2) is 84.9 Å². The monoisotopic (exact) mass is 329 g/mol. The first kappa shape index (κ1) is 15.5. The third-order valence-corrected chi connectivity index (χ3v) is 4.58. The Morgan fingerprint density at radius 3 is 2.20 bits per heavy atom. The van der Waals surface area contributed by atoms with Crippen LogP contribution in [-0.4, -0.2) is 24.1 Å². The van der Waals surface area contributed by atoms with Gasteiger partial charge >= 0.3 is 0 Å². The maximum absolute atomic E-state index is 5.57. The lowest BCUT2D eigenvalue weighted by Gasteiger charge is -2.11. The highest BCUT2D eigenvalue weighted by atomic mass is 16.5. The Morgan fingerprint density at radius 1 is 0.840 bits per heavy atom. The SMILES string of the molecule is COc1ccccc1C1C[N+](c2ccccc2)=C(c2ccccc2)N1. The molecule has 4 rings (SSSR count). The van der Waals surface area contributed by atoms with Gasteiger partial charge in [-0.15, -0.1) is 0 Å². The number of amidine groups is 1. The van der Waals surface area contributed by atoms with Crippen LogP contribution < -0.4 is 10.1 Å². The minimum atomic E-state index is 0.173. The predicted molar refractivity (Wildman–Crippen MR) is 101 cm³/mol. The molecule has 1 N–H and O–H groups in total. The van der Waals surface area contributed by atoms with Gasteiger partial charge in [-0.3, -0.25) is 5.32 Å². The molecule has 0 fully saturated rings. The molecule has 25 heavy (non-hydrogen) atoms. The van der Waals surface area contributed by atoms with Gasteiger partial charge in [0.1, 0.15) is 18.0 Å². The van der Waals surface area contributed by atoms with Crippen LogP contribution in [0.4, 0.5) is 5.69 Å². The van der Waals surface area contributed by atoms with E-state index in [9.17, 15) is 0 Å². The van der Waals surface area contributed by atoms with E-state index in [1.165, 1.54) is 16.8 Å². The molecule has 0 spiro atoms. The van der Waals surface area contributed by atoms with Gasteiger partial charge in [0.25, 0.3) is 5.84 Å². The standard InChI is InChI=1S/C22H20N2O/c1-25-21-15-9-8-14-19(21)20-16-24(18-12-6-3-7-13-18)22(23-20)17-10-4-2-5-11-17/h2-15,20H,16H2,1H3/p+1. The van der Waals surface area contributed by atoms with Crippen LogP contribution in [0.5, 0.6) is 5.75 Å². The Bertz CT molecular complexity index is 837. The van der Waals surface area contributed by atoms with Crippen molar-refractivity contribution in [2.75, 3.05) is 13.7 Å². The van der Waals surface area contributed by atoms with Crippen molar-refractivity contribution in [3.05, 3.63) is 96.1 Å². The van der Waals surface area contributed by atoms with Crippen LogP contribution in [0, 0.1) is 0 Å². The van der Waals surface area contributed by atoms with Crippen LogP contribution in [0.25, 0.3) is 0 Å². The molecule has 3 heteroatoms. The highest BCUT2D eigenvalue weighted by Gasteiger charge is 2.35. The molecule has 1 atom stereocenters. The fourth-order valence-corrected chi connectivity index (χ4v) is 3.37. The molecule has 1 aliphatic heterocycles. The number of nitrogens with one attached hydrogen (secondary N) is 1. The predicted octanol–water partition coefficient (Wildman–Crippen LogP) is 4.13. The van der Waals surface area contributed by atoms with Crippen molar-refractivity contribution < 1.29 is 9.31 Å². The van der Waals surface area contributed by atoms with Gasteiger partial charge in [-0.25, -0.2) is 4.58 Å². The highest BCUT2D eigenvalue weighted by molar-refractivity contribution is 5.96. The topological polar surface area (TPSA) is 24.3 Å². The summed E-state index contributed by atoms with van der Waals surface area (Å²) >= 11 is 0. The van der Waals surface area contributed by atoms with Crippen molar-refractivity contribution >= 4 is 11.5 Å². The van der Waals surface area contributed by atoms with E-state index in [2.05, 4.69) is 70.6 Å². The third kappa shape index (κ3) is 3.01. The summed E-state index contributed by atoms with van der Waals surface area (Å²) in [5, 5.41) is 3.71. The molecule has 3 aromatic rings.